The SMILES string of the molecule is CC(C)NS(=O)(=O)c1cc(Cl)cc(CO)c1Cl. The molecule has 0 amide bonds. The molecule has 4 nitrogen and oxygen atoms in total. The van der Waals surface area contributed by atoms with E-state index in [1.165, 1.54) is 12.1 Å². The van der Waals surface area contributed by atoms with Crippen molar-refractivity contribution in [2.75, 3.05) is 0 Å². The second-order valence-corrected chi connectivity index (χ2v) is 6.31. The smallest absolute Gasteiger partial charge is 0.242 e. The summed E-state index contributed by atoms with van der Waals surface area (Å²) in [5, 5.41) is 9.26. The Morgan fingerprint density at radius 2 is 1.94 bits per heavy atom. The van der Waals surface area contributed by atoms with Crippen molar-refractivity contribution in [1.82, 2.24) is 4.72 Å². The number of nitrogens with one attached hydrogen (secondary N) is 1. The number of rotatable bonds is 4. The van der Waals surface area contributed by atoms with E-state index >= 15 is 0 Å². The molecule has 1 rings (SSSR count). The van der Waals surface area contributed by atoms with E-state index in [-0.39, 0.29) is 33.2 Å². The van der Waals surface area contributed by atoms with E-state index in [0.29, 0.717) is 0 Å². The fourth-order valence-corrected chi connectivity index (χ4v) is 3.48. The minimum atomic E-state index is -3.72. The number of hydrogen-bond donors (Lipinski definition) is 2. The van der Waals surface area contributed by atoms with Crippen LogP contribution in [-0.2, 0) is 16.6 Å². The zero-order chi connectivity index (χ0) is 13.2. The molecule has 0 aromatic heterocycles. The minimum Gasteiger partial charge on any atom is -0.392 e. The third-order valence-electron chi connectivity index (χ3n) is 1.93. The summed E-state index contributed by atoms with van der Waals surface area (Å²) < 4.78 is 26.3. The molecule has 0 aliphatic heterocycles. The molecule has 17 heavy (non-hydrogen) atoms. The van der Waals surface area contributed by atoms with Crippen LogP contribution in [0.2, 0.25) is 10.0 Å². The lowest BCUT2D eigenvalue weighted by molar-refractivity contribution is 0.281. The molecule has 0 heterocycles. The highest BCUT2D eigenvalue weighted by molar-refractivity contribution is 7.89. The summed E-state index contributed by atoms with van der Waals surface area (Å²) in [6.07, 6.45) is 0. The first-order chi connectivity index (χ1) is 7.77. The first kappa shape index (κ1) is 14.7. The van der Waals surface area contributed by atoms with Gasteiger partial charge in [0.2, 0.25) is 10.0 Å². The van der Waals surface area contributed by atoms with Crippen molar-refractivity contribution in [2.24, 2.45) is 0 Å². The summed E-state index contributed by atoms with van der Waals surface area (Å²) in [5.74, 6) is 0. The van der Waals surface area contributed by atoms with Crippen LogP contribution in [0.5, 0.6) is 0 Å². The van der Waals surface area contributed by atoms with Gasteiger partial charge in [-0.1, -0.05) is 23.2 Å². The summed E-state index contributed by atoms with van der Waals surface area (Å²) in [6, 6.07) is 2.43. The average molecular weight is 298 g/mol. The molecule has 0 saturated carbocycles. The zero-order valence-electron chi connectivity index (χ0n) is 9.37. The Morgan fingerprint density at radius 1 is 1.35 bits per heavy atom. The number of aliphatic hydroxyl groups excluding tert-OH is 1. The van der Waals surface area contributed by atoms with Crippen molar-refractivity contribution >= 4 is 33.2 Å². The summed E-state index contributed by atoms with van der Waals surface area (Å²) >= 11 is 11.7. The quantitative estimate of drug-likeness (QED) is 0.895. The highest BCUT2D eigenvalue weighted by Crippen LogP contribution is 2.29. The highest BCUT2D eigenvalue weighted by Gasteiger charge is 2.21. The van der Waals surface area contributed by atoms with Crippen molar-refractivity contribution in [3.63, 3.8) is 0 Å². The molecular formula is C10H13Cl2NO3S. The lowest BCUT2D eigenvalue weighted by Gasteiger charge is -2.13. The van der Waals surface area contributed by atoms with Gasteiger partial charge in [-0.05, 0) is 31.5 Å². The predicted molar refractivity (Wildman–Crippen MR) is 67.8 cm³/mol. The van der Waals surface area contributed by atoms with Crippen LogP contribution in [0, 0.1) is 0 Å². The predicted octanol–water partition coefficient (Wildman–Crippen LogP) is 2.17. The maximum atomic E-state index is 11.9. The van der Waals surface area contributed by atoms with E-state index < -0.39 is 10.0 Å². The maximum Gasteiger partial charge on any atom is 0.242 e. The number of sulfonamides is 1. The number of hydrogen-bond acceptors (Lipinski definition) is 3. The molecule has 0 aliphatic carbocycles. The van der Waals surface area contributed by atoms with Gasteiger partial charge >= 0.3 is 0 Å². The number of aliphatic hydroxyl groups is 1. The van der Waals surface area contributed by atoms with E-state index in [0.717, 1.165) is 0 Å². The topological polar surface area (TPSA) is 66.4 Å². The first-order valence-corrected chi connectivity index (χ1v) is 7.13. The van der Waals surface area contributed by atoms with Crippen LogP contribution in [0.25, 0.3) is 0 Å². The van der Waals surface area contributed by atoms with Gasteiger partial charge in [0.1, 0.15) is 4.90 Å². The molecule has 1 aromatic carbocycles. The lowest BCUT2D eigenvalue weighted by atomic mass is 10.2. The Kier molecular flexibility index (Phi) is 4.80. The Hall–Kier alpha value is -0.330. The maximum absolute atomic E-state index is 11.9. The molecule has 0 bridgehead atoms. The molecule has 0 fully saturated rings. The van der Waals surface area contributed by atoms with Crippen LogP contribution in [0.3, 0.4) is 0 Å². The van der Waals surface area contributed by atoms with Crippen molar-refractivity contribution < 1.29 is 13.5 Å². The molecule has 2 N–H and O–H groups in total. The van der Waals surface area contributed by atoms with E-state index in [9.17, 15) is 8.42 Å². The van der Waals surface area contributed by atoms with E-state index in [1.54, 1.807) is 13.8 Å². The molecule has 0 spiro atoms. The van der Waals surface area contributed by atoms with Gasteiger partial charge in [-0.2, -0.15) is 0 Å². The molecule has 0 atom stereocenters. The van der Waals surface area contributed by atoms with Crippen LogP contribution >= 0.6 is 23.2 Å². The molecule has 96 valence electrons. The molecular weight excluding hydrogens is 285 g/mol. The van der Waals surface area contributed by atoms with Gasteiger partial charge in [0.15, 0.2) is 0 Å². The van der Waals surface area contributed by atoms with Gasteiger partial charge in [0.05, 0.1) is 11.6 Å². The Morgan fingerprint density at radius 3 is 2.41 bits per heavy atom. The normalized spacial score (nSPS) is 12.1. The van der Waals surface area contributed by atoms with Crippen molar-refractivity contribution in [3.8, 4) is 0 Å². The summed E-state index contributed by atoms with van der Waals surface area (Å²) in [7, 11) is -3.72. The van der Waals surface area contributed by atoms with Crippen LogP contribution in [-0.4, -0.2) is 19.6 Å². The van der Waals surface area contributed by atoms with Gasteiger partial charge in [-0.25, -0.2) is 13.1 Å². The third kappa shape index (κ3) is 3.56. The molecule has 0 saturated heterocycles. The highest BCUT2D eigenvalue weighted by atomic mass is 35.5. The number of benzene rings is 1. The standard InChI is InChI=1S/C10H13Cl2NO3S/c1-6(2)13-17(15,16)9-4-8(11)3-7(5-14)10(9)12/h3-4,6,13-14H,5H2,1-2H3. The van der Waals surface area contributed by atoms with Gasteiger partial charge in [-0.3, -0.25) is 0 Å². The lowest BCUT2D eigenvalue weighted by Crippen LogP contribution is -2.30. The fourth-order valence-electron chi connectivity index (χ4n) is 1.30. The molecule has 0 radical (unpaired) electrons. The number of halogens is 2. The average Bonchev–Trinajstić information content (AvgIpc) is 2.18. The zero-order valence-corrected chi connectivity index (χ0v) is 11.7. The van der Waals surface area contributed by atoms with Crippen molar-refractivity contribution in [2.45, 2.75) is 31.4 Å². The van der Waals surface area contributed by atoms with Gasteiger partial charge < -0.3 is 5.11 Å². The molecule has 0 aliphatic rings. The Balaban J connectivity index is 3.36. The van der Waals surface area contributed by atoms with E-state index in [2.05, 4.69) is 4.72 Å². The minimum absolute atomic E-state index is 0.00921. The van der Waals surface area contributed by atoms with Gasteiger partial charge in [0, 0.05) is 11.1 Å². The molecule has 7 heteroatoms. The van der Waals surface area contributed by atoms with Gasteiger partial charge in [0.25, 0.3) is 0 Å². The molecule has 0 unspecified atom stereocenters. The molecule has 1 aromatic rings. The third-order valence-corrected chi connectivity index (χ3v) is 4.39. The second kappa shape index (κ2) is 5.54. The Bertz CT molecular complexity index is 515. The van der Waals surface area contributed by atoms with Crippen molar-refractivity contribution in [1.29, 1.82) is 0 Å². The van der Waals surface area contributed by atoms with E-state index in [4.69, 9.17) is 28.3 Å². The fraction of sp³-hybridized carbons (Fsp3) is 0.400. The summed E-state index contributed by atoms with van der Waals surface area (Å²) in [4.78, 5) is -0.121. The van der Waals surface area contributed by atoms with Crippen molar-refractivity contribution in [3.05, 3.63) is 27.7 Å². The largest absolute Gasteiger partial charge is 0.392 e. The second-order valence-electron chi connectivity index (χ2n) is 3.81. The van der Waals surface area contributed by atoms with Crippen LogP contribution in [0.4, 0.5) is 0 Å². The monoisotopic (exact) mass is 297 g/mol. The van der Waals surface area contributed by atoms with E-state index in [1.807, 2.05) is 0 Å². The summed E-state index contributed by atoms with van der Waals surface area (Å²) in [5.41, 5.74) is 0.281. The van der Waals surface area contributed by atoms with Crippen LogP contribution in [0.1, 0.15) is 19.4 Å². The van der Waals surface area contributed by atoms with Crippen LogP contribution in [0.15, 0.2) is 17.0 Å². The Labute approximate surface area is 111 Å². The van der Waals surface area contributed by atoms with Crippen LogP contribution < -0.4 is 4.72 Å². The summed E-state index contributed by atoms with van der Waals surface area (Å²) in [6.45, 7) is 3.02. The first-order valence-electron chi connectivity index (χ1n) is 4.89. The van der Waals surface area contributed by atoms with Gasteiger partial charge in [-0.15, -0.1) is 0 Å².